The molecule has 2 heterocycles. The van der Waals surface area contributed by atoms with Crippen LogP contribution in [0.3, 0.4) is 0 Å². The average molecular weight is 414 g/mol. The fourth-order valence-electron chi connectivity index (χ4n) is 3.81. The number of anilines is 1. The Morgan fingerprint density at radius 1 is 1.03 bits per heavy atom. The predicted molar refractivity (Wildman–Crippen MR) is 118 cm³/mol. The maximum atomic E-state index is 13.2. The summed E-state index contributed by atoms with van der Waals surface area (Å²) in [5.74, 6) is -1.25. The zero-order valence-electron chi connectivity index (χ0n) is 17.5. The normalized spacial score (nSPS) is 17.8. The fraction of sp³-hybridized carbons (Fsp3) is 0.160. The van der Waals surface area contributed by atoms with Gasteiger partial charge in [-0.25, -0.2) is 0 Å². The first-order valence-corrected chi connectivity index (χ1v) is 9.85. The van der Waals surface area contributed by atoms with Crippen LogP contribution in [0.1, 0.15) is 28.3 Å². The van der Waals surface area contributed by atoms with Crippen LogP contribution in [-0.4, -0.2) is 28.9 Å². The largest absolute Gasteiger partial charge is 0.507 e. The maximum Gasteiger partial charge on any atom is 0.300 e. The van der Waals surface area contributed by atoms with Gasteiger partial charge in [0.15, 0.2) is 0 Å². The Balaban J connectivity index is 1.97. The van der Waals surface area contributed by atoms with Gasteiger partial charge in [0.2, 0.25) is 0 Å². The van der Waals surface area contributed by atoms with Gasteiger partial charge in [-0.05, 0) is 54.8 Å². The molecule has 1 unspecified atom stereocenters. The molecule has 0 aliphatic carbocycles. The Morgan fingerprint density at radius 3 is 2.48 bits per heavy atom. The molecule has 1 aliphatic heterocycles. The van der Waals surface area contributed by atoms with Crippen molar-refractivity contribution in [1.82, 2.24) is 4.98 Å². The standard InChI is InChI=1S/C25H22N2O4/c1-15-10-11-17(13-16(15)2)23(28)21-22(18-7-6-12-26-14-18)27(25(30)24(21)29)19-8-4-5-9-20(19)31-3/h4-14,22,28H,1-3H3/b23-21-. The molecule has 2 aromatic carbocycles. The molecule has 3 aromatic rings. The van der Waals surface area contributed by atoms with E-state index >= 15 is 0 Å². The summed E-state index contributed by atoms with van der Waals surface area (Å²) in [6, 6.07) is 15.1. The number of pyridine rings is 1. The summed E-state index contributed by atoms with van der Waals surface area (Å²) in [5, 5.41) is 11.2. The van der Waals surface area contributed by atoms with Crippen LogP contribution < -0.4 is 9.64 Å². The molecule has 1 fully saturated rings. The highest BCUT2D eigenvalue weighted by Gasteiger charge is 2.47. The van der Waals surface area contributed by atoms with E-state index in [1.165, 1.54) is 12.0 Å². The highest BCUT2D eigenvalue weighted by molar-refractivity contribution is 6.51. The van der Waals surface area contributed by atoms with E-state index in [1.807, 2.05) is 26.0 Å². The molecule has 1 saturated heterocycles. The van der Waals surface area contributed by atoms with Crippen LogP contribution in [-0.2, 0) is 9.59 Å². The van der Waals surface area contributed by atoms with Crippen molar-refractivity contribution in [2.24, 2.45) is 0 Å². The number of benzene rings is 2. The molecule has 31 heavy (non-hydrogen) atoms. The third-order valence-electron chi connectivity index (χ3n) is 5.57. The van der Waals surface area contributed by atoms with E-state index in [0.29, 0.717) is 22.6 Å². The Kier molecular flexibility index (Phi) is 5.29. The van der Waals surface area contributed by atoms with Gasteiger partial charge in [-0.3, -0.25) is 19.5 Å². The molecule has 4 rings (SSSR count). The molecule has 0 spiro atoms. The minimum atomic E-state index is -0.841. The average Bonchev–Trinajstić information content (AvgIpc) is 3.06. The van der Waals surface area contributed by atoms with Crippen molar-refractivity contribution in [3.63, 3.8) is 0 Å². The summed E-state index contributed by atoms with van der Waals surface area (Å²) in [6.07, 6.45) is 3.20. The second-order valence-corrected chi connectivity index (χ2v) is 7.43. The summed E-state index contributed by atoms with van der Waals surface area (Å²) in [4.78, 5) is 31.9. The van der Waals surface area contributed by atoms with Crippen molar-refractivity contribution < 1.29 is 19.4 Å². The molecule has 0 radical (unpaired) electrons. The number of aromatic nitrogens is 1. The van der Waals surface area contributed by atoms with Crippen LogP contribution in [0.15, 0.2) is 72.6 Å². The van der Waals surface area contributed by atoms with Gasteiger partial charge in [-0.15, -0.1) is 0 Å². The van der Waals surface area contributed by atoms with Gasteiger partial charge in [0.25, 0.3) is 11.7 Å². The molecule has 1 atom stereocenters. The van der Waals surface area contributed by atoms with Gasteiger partial charge in [0, 0.05) is 18.0 Å². The van der Waals surface area contributed by atoms with Crippen LogP contribution in [0.4, 0.5) is 5.69 Å². The number of Topliss-reactive ketones (excluding diaryl/α,β-unsaturated/α-hetero) is 1. The van der Waals surface area contributed by atoms with Gasteiger partial charge < -0.3 is 9.84 Å². The minimum Gasteiger partial charge on any atom is -0.507 e. The van der Waals surface area contributed by atoms with Crippen molar-refractivity contribution in [3.05, 3.63) is 94.8 Å². The van der Waals surface area contributed by atoms with Crippen LogP contribution in [0, 0.1) is 13.8 Å². The van der Waals surface area contributed by atoms with Crippen LogP contribution in [0.5, 0.6) is 5.75 Å². The maximum absolute atomic E-state index is 13.2. The van der Waals surface area contributed by atoms with E-state index in [9.17, 15) is 14.7 Å². The Bertz CT molecular complexity index is 1200. The molecule has 6 heteroatoms. The smallest absolute Gasteiger partial charge is 0.300 e. The van der Waals surface area contributed by atoms with Crippen molar-refractivity contribution in [2.45, 2.75) is 19.9 Å². The van der Waals surface area contributed by atoms with Crippen molar-refractivity contribution in [2.75, 3.05) is 12.0 Å². The van der Waals surface area contributed by atoms with Gasteiger partial charge >= 0.3 is 0 Å². The summed E-state index contributed by atoms with van der Waals surface area (Å²) < 4.78 is 5.44. The van der Waals surface area contributed by atoms with Crippen LogP contribution in [0.2, 0.25) is 0 Å². The number of aliphatic hydroxyl groups is 1. The number of carbonyl (C=O) groups excluding carboxylic acids is 2. The topological polar surface area (TPSA) is 79.7 Å². The monoisotopic (exact) mass is 414 g/mol. The number of methoxy groups -OCH3 is 1. The van der Waals surface area contributed by atoms with Crippen molar-refractivity contribution in [3.8, 4) is 5.75 Å². The molecule has 6 nitrogen and oxygen atoms in total. The number of amides is 1. The second-order valence-electron chi connectivity index (χ2n) is 7.43. The lowest BCUT2D eigenvalue weighted by Gasteiger charge is -2.26. The van der Waals surface area contributed by atoms with Crippen LogP contribution >= 0.6 is 0 Å². The summed E-state index contributed by atoms with van der Waals surface area (Å²) in [7, 11) is 1.50. The third-order valence-corrected chi connectivity index (χ3v) is 5.57. The first-order chi connectivity index (χ1) is 14.9. The Labute approximate surface area is 180 Å². The number of para-hydroxylation sites is 2. The number of ether oxygens (including phenoxy) is 1. The lowest BCUT2D eigenvalue weighted by atomic mass is 9.95. The SMILES string of the molecule is COc1ccccc1N1C(=O)C(=O)/C(=C(\O)c2ccc(C)c(C)c2)C1c1cccnc1. The van der Waals surface area contributed by atoms with Crippen LogP contribution in [0.25, 0.3) is 5.76 Å². The van der Waals surface area contributed by atoms with Gasteiger partial charge in [-0.1, -0.05) is 30.3 Å². The first kappa shape index (κ1) is 20.3. The predicted octanol–water partition coefficient (Wildman–Crippen LogP) is 4.33. The summed E-state index contributed by atoms with van der Waals surface area (Å²) in [6.45, 7) is 3.90. The van der Waals surface area contributed by atoms with E-state index < -0.39 is 17.7 Å². The number of hydrogen-bond acceptors (Lipinski definition) is 5. The van der Waals surface area contributed by atoms with E-state index in [2.05, 4.69) is 4.98 Å². The van der Waals surface area contributed by atoms with E-state index in [4.69, 9.17) is 4.74 Å². The molecule has 156 valence electrons. The number of ketones is 1. The van der Waals surface area contributed by atoms with E-state index in [-0.39, 0.29) is 11.3 Å². The van der Waals surface area contributed by atoms with Crippen molar-refractivity contribution in [1.29, 1.82) is 0 Å². The molecule has 1 aromatic heterocycles. The molecule has 0 saturated carbocycles. The number of nitrogens with zero attached hydrogens (tertiary/aromatic N) is 2. The Hall–Kier alpha value is -3.93. The quantitative estimate of drug-likeness (QED) is 0.390. The van der Waals surface area contributed by atoms with E-state index in [0.717, 1.165) is 11.1 Å². The molecular formula is C25H22N2O4. The second kappa shape index (κ2) is 8.07. The Morgan fingerprint density at radius 2 is 1.81 bits per heavy atom. The zero-order chi connectivity index (χ0) is 22.1. The zero-order valence-corrected chi connectivity index (χ0v) is 17.5. The summed E-state index contributed by atoms with van der Waals surface area (Å²) >= 11 is 0. The molecule has 1 amide bonds. The molecule has 1 aliphatic rings. The number of aryl methyl sites for hydroxylation is 2. The fourth-order valence-corrected chi connectivity index (χ4v) is 3.81. The van der Waals surface area contributed by atoms with Gasteiger partial charge in [0.1, 0.15) is 11.5 Å². The highest BCUT2D eigenvalue weighted by Crippen LogP contribution is 2.44. The molecular weight excluding hydrogens is 392 g/mol. The number of rotatable bonds is 4. The molecule has 0 bridgehead atoms. The highest BCUT2D eigenvalue weighted by atomic mass is 16.5. The lowest BCUT2D eigenvalue weighted by Crippen LogP contribution is -2.29. The number of hydrogen-bond donors (Lipinski definition) is 1. The summed E-state index contributed by atoms with van der Waals surface area (Å²) in [5.41, 5.74) is 3.59. The van der Waals surface area contributed by atoms with Crippen molar-refractivity contribution >= 4 is 23.1 Å². The minimum absolute atomic E-state index is 0.0205. The number of carbonyl (C=O) groups is 2. The molecule has 1 N–H and O–H groups in total. The third kappa shape index (κ3) is 3.46. The lowest BCUT2D eigenvalue weighted by molar-refractivity contribution is -0.132. The van der Waals surface area contributed by atoms with E-state index in [1.54, 1.807) is 54.9 Å². The first-order valence-electron chi connectivity index (χ1n) is 9.85. The number of aliphatic hydroxyl groups excluding tert-OH is 1. The van der Waals surface area contributed by atoms with Gasteiger partial charge in [-0.2, -0.15) is 0 Å². The van der Waals surface area contributed by atoms with Gasteiger partial charge in [0.05, 0.1) is 24.4 Å².